The number of nitrogens with zero attached hydrogens (tertiary/aromatic N) is 8. The van der Waals surface area contributed by atoms with Gasteiger partial charge in [-0.1, -0.05) is 35.9 Å². The van der Waals surface area contributed by atoms with Gasteiger partial charge in [0.2, 0.25) is 0 Å². The fraction of sp³-hybridized carbons (Fsp3) is 0.160. The molecule has 0 aliphatic rings. The van der Waals surface area contributed by atoms with E-state index in [4.69, 9.17) is 15.0 Å². The molecular formula is C50H43F3N10S2. The molecule has 0 saturated heterocycles. The third-order valence-electron chi connectivity index (χ3n) is 11.0. The topological polar surface area (TPSA) is 111 Å². The van der Waals surface area contributed by atoms with Crippen molar-refractivity contribution in [2.45, 2.75) is 53.9 Å². The second-order valence-electron chi connectivity index (χ2n) is 15.4. The standard InChI is InChI=1S/C25H20F3N5S.C25H23N5S/c1-3-33-22-11-15(2)19(31-24-32-21(14-34-24)16-7-9-29-10-8-16)13-20(22)30-23(33)17-5-4-6-18(12-17)25(26,27)28;1-4-30-23-13-17(3)20(14-21(23)27-24(30)19-7-5-6-16(2)12-19)28-25-29-22(15-31-25)18-8-10-26-11-9-18/h4-14H,3H2,1-2H3,(H,31,32);5-15H,4H2,1-3H3,(H,28,29). The number of hydrogen-bond donors (Lipinski definition) is 2. The first-order valence-corrected chi connectivity index (χ1v) is 22.7. The number of nitrogens with one attached hydrogen (secondary N) is 2. The Hall–Kier alpha value is -7.23. The van der Waals surface area contributed by atoms with Crippen LogP contribution in [0.5, 0.6) is 0 Å². The largest absolute Gasteiger partial charge is 0.416 e. The van der Waals surface area contributed by atoms with Crippen molar-refractivity contribution in [3.63, 3.8) is 0 Å². The van der Waals surface area contributed by atoms with Gasteiger partial charge < -0.3 is 19.8 Å². The van der Waals surface area contributed by atoms with E-state index in [0.29, 0.717) is 23.4 Å². The number of anilines is 4. The smallest absolute Gasteiger partial charge is 0.331 e. The van der Waals surface area contributed by atoms with Gasteiger partial charge in [-0.25, -0.2) is 19.9 Å². The van der Waals surface area contributed by atoms with Gasteiger partial charge in [-0.3, -0.25) is 9.97 Å². The predicted octanol–water partition coefficient (Wildman–Crippen LogP) is 13.9. The Bertz CT molecular complexity index is 3280. The van der Waals surface area contributed by atoms with Crippen LogP contribution in [0, 0.1) is 20.8 Å². The molecule has 6 aromatic heterocycles. The highest BCUT2D eigenvalue weighted by Crippen LogP contribution is 2.36. The second kappa shape index (κ2) is 18.1. The van der Waals surface area contributed by atoms with E-state index in [0.717, 1.165) is 96.3 Å². The molecule has 10 nitrogen and oxygen atoms in total. The SMILES string of the molecule is CCn1c(-c2cccc(C(F)(F)F)c2)nc2cc(Nc3nc(-c4ccncc4)cs3)c(C)cc21.CCn1c(-c2cccc(C)c2)nc2cc(Nc3nc(-c4ccncc4)cs3)c(C)cc21. The molecule has 0 atom stereocenters. The quantitative estimate of drug-likeness (QED) is 0.140. The molecule has 0 aliphatic carbocycles. The molecule has 65 heavy (non-hydrogen) atoms. The van der Waals surface area contributed by atoms with E-state index in [1.54, 1.807) is 42.2 Å². The summed E-state index contributed by atoms with van der Waals surface area (Å²) in [6, 6.07) is 29.8. The summed E-state index contributed by atoms with van der Waals surface area (Å²) >= 11 is 3.09. The zero-order chi connectivity index (χ0) is 45.2. The molecule has 326 valence electrons. The molecular weight excluding hydrogens is 862 g/mol. The van der Waals surface area contributed by atoms with Crippen LogP contribution in [-0.2, 0) is 19.3 Å². The molecule has 0 fully saturated rings. The summed E-state index contributed by atoms with van der Waals surface area (Å²) in [4.78, 5) is 27.2. The summed E-state index contributed by atoms with van der Waals surface area (Å²) < 4.78 is 44.0. The number of aromatic nitrogens is 8. The molecule has 0 bridgehead atoms. The number of benzene rings is 4. The Morgan fingerprint density at radius 2 is 1.00 bits per heavy atom. The van der Waals surface area contributed by atoms with Crippen LogP contribution in [0.2, 0.25) is 0 Å². The Balaban J connectivity index is 0.000000165. The number of rotatable bonds is 10. The monoisotopic (exact) mass is 904 g/mol. The number of halogens is 3. The molecule has 2 N–H and O–H groups in total. The maximum absolute atomic E-state index is 13.2. The van der Waals surface area contributed by atoms with E-state index in [9.17, 15) is 13.2 Å². The average molecular weight is 905 g/mol. The zero-order valence-electron chi connectivity index (χ0n) is 36.1. The van der Waals surface area contributed by atoms with Crippen LogP contribution in [-0.4, -0.2) is 39.0 Å². The lowest BCUT2D eigenvalue weighted by atomic mass is 10.1. The normalized spacial score (nSPS) is 11.5. The first kappa shape index (κ1) is 43.0. The van der Waals surface area contributed by atoms with Crippen molar-refractivity contribution in [3.8, 4) is 45.3 Å². The predicted molar refractivity (Wildman–Crippen MR) is 258 cm³/mol. The maximum atomic E-state index is 13.2. The fourth-order valence-electron chi connectivity index (χ4n) is 7.72. The van der Waals surface area contributed by atoms with Crippen molar-refractivity contribution in [1.82, 2.24) is 39.0 Å². The van der Waals surface area contributed by atoms with Gasteiger partial charge >= 0.3 is 6.18 Å². The van der Waals surface area contributed by atoms with E-state index in [-0.39, 0.29) is 0 Å². The van der Waals surface area contributed by atoms with Crippen molar-refractivity contribution in [2.75, 3.05) is 10.6 Å². The summed E-state index contributed by atoms with van der Waals surface area (Å²) in [7, 11) is 0. The van der Waals surface area contributed by atoms with Crippen molar-refractivity contribution in [2.24, 2.45) is 0 Å². The van der Waals surface area contributed by atoms with Gasteiger partial charge in [0.15, 0.2) is 10.3 Å². The van der Waals surface area contributed by atoms with Gasteiger partial charge in [0.25, 0.3) is 0 Å². The van der Waals surface area contributed by atoms with E-state index < -0.39 is 11.7 Å². The summed E-state index contributed by atoms with van der Waals surface area (Å²) in [5.74, 6) is 1.52. The third kappa shape index (κ3) is 9.10. The summed E-state index contributed by atoms with van der Waals surface area (Å²) in [6.07, 6.45) is 2.62. The van der Waals surface area contributed by atoms with Crippen molar-refractivity contribution < 1.29 is 13.2 Å². The Kier molecular flexibility index (Phi) is 12.0. The zero-order valence-corrected chi connectivity index (χ0v) is 37.8. The van der Waals surface area contributed by atoms with E-state index in [2.05, 4.69) is 92.7 Å². The highest BCUT2D eigenvalue weighted by Gasteiger charge is 2.31. The number of hydrogen-bond acceptors (Lipinski definition) is 10. The van der Waals surface area contributed by atoms with Gasteiger partial charge in [0.05, 0.1) is 39.0 Å². The summed E-state index contributed by atoms with van der Waals surface area (Å²) in [5.41, 5.74) is 13.7. The molecule has 0 aliphatic heterocycles. The molecule has 10 rings (SSSR count). The molecule has 0 saturated carbocycles. The Morgan fingerprint density at radius 1 is 0.538 bits per heavy atom. The summed E-state index contributed by atoms with van der Waals surface area (Å²) in [6.45, 7) is 11.8. The molecule has 15 heteroatoms. The third-order valence-corrected chi connectivity index (χ3v) is 12.5. The second-order valence-corrected chi connectivity index (χ2v) is 17.1. The maximum Gasteiger partial charge on any atom is 0.416 e. The first-order chi connectivity index (χ1) is 31.4. The number of alkyl halides is 3. The van der Waals surface area contributed by atoms with Crippen LogP contribution in [0.25, 0.3) is 67.4 Å². The van der Waals surface area contributed by atoms with Crippen LogP contribution in [0.1, 0.15) is 36.1 Å². The lowest BCUT2D eigenvalue weighted by molar-refractivity contribution is -0.137. The molecule has 4 aromatic carbocycles. The molecule has 10 aromatic rings. The first-order valence-electron chi connectivity index (χ1n) is 21.0. The summed E-state index contributed by atoms with van der Waals surface area (Å²) in [5, 5.41) is 12.5. The van der Waals surface area contributed by atoms with E-state index in [1.807, 2.05) is 60.2 Å². The van der Waals surface area contributed by atoms with E-state index in [1.165, 1.54) is 28.5 Å². The molecule has 0 radical (unpaired) electrons. The van der Waals surface area contributed by atoms with Crippen LogP contribution in [0.4, 0.5) is 34.8 Å². The lowest BCUT2D eigenvalue weighted by Crippen LogP contribution is -2.05. The number of aryl methyl sites for hydroxylation is 5. The minimum absolute atomic E-state index is 0.432. The van der Waals surface area contributed by atoms with Crippen molar-refractivity contribution >= 4 is 66.4 Å². The van der Waals surface area contributed by atoms with Crippen molar-refractivity contribution in [1.29, 1.82) is 0 Å². The molecule has 0 unspecified atom stereocenters. The van der Waals surface area contributed by atoms with Gasteiger partial charge in [-0.05, 0) is 112 Å². The number of thiazole rings is 2. The highest BCUT2D eigenvalue weighted by molar-refractivity contribution is 7.14. The van der Waals surface area contributed by atoms with Crippen LogP contribution >= 0.6 is 22.7 Å². The van der Waals surface area contributed by atoms with Crippen LogP contribution < -0.4 is 10.6 Å². The number of pyridine rings is 2. The molecule has 0 spiro atoms. The molecule has 6 heterocycles. The van der Waals surface area contributed by atoms with E-state index >= 15 is 0 Å². The number of imidazole rings is 2. The number of fused-ring (bicyclic) bond motifs is 2. The fourth-order valence-corrected chi connectivity index (χ4v) is 9.19. The minimum Gasteiger partial charge on any atom is -0.331 e. The minimum atomic E-state index is -4.41. The van der Waals surface area contributed by atoms with Gasteiger partial charge in [0.1, 0.15) is 11.6 Å². The molecule has 0 amide bonds. The Morgan fingerprint density at radius 3 is 1.45 bits per heavy atom. The lowest BCUT2D eigenvalue weighted by Gasteiger charge is -2.11. The van der Waals surface area contributed by atoms with Gasteiger partial charge in [-0.15, -0.1) is 22.7 Å². The Labute approximate surface area is 381 Å². The van der Waals surface area contributed by atoms with Crippen molar-refractivity contribution in [3.05, 3.63) is 155 Å². The highest BCUT2D eigenvalue weighted by atomic mass is 32.1. The van der Waals surface area contributed by atoms with Gasteiger partial charge in [0, 0.05) is 82.3 Å². The van der Waals surface area contributed by atoms with Gasteiger partial charge in [-0.2, -0.15) is 13.2 Å². The van der Waals surface area contributed by atoms with Crippen LogP contribution in [0.3, 0.4) is 0 Å². The van der Waals surface area contributed by atoms with Crippen LogP contribution in [0.15, 0.2) is 133 Å². The average Bonchev–Trinajstić information content (AvgIpc) is 4.13.